The number of aliphatic imine (C=N–C) groups is 1. The normalized spacial score (nSPS) is 12.8. The van der Waals surface area contributed by atoms with Crippen molar-refractivity contribution < 1.29 is 9.47 Å². The molecule has 0 radical (unpaired) electrons. The van der Waals surface area contributed by atoms with Gasteiger partial charge in [0.25, 0.3) is 0 Å². The Labute approximate surface area is 166 Å². The Hall–Kier alpha value is -0.120. The quantitative estimate of drug-likeness (QED) is 0.181. The van der Waals surface area contributed by atoms with E-state index in [4.69, 9.17) is 9.47 Å². The Kier molecular flexibility index (Phi) is 20.9. The van der Waals surface area contributed by atoms with E-state index in [1.165, 1.54) is 13.0 Å². The van der Waals surface area contributed by atoms with Crippen molar-refractivity contribution in [3.05, 3.63) is 0 Å². The van der Waals surface area contributed by atoms with Gasteiger partial charge in [-0.2, -0.15) is 0 Å². The van der Waals surface area contributed by atoms with Crippen LogP contribution in [-0.2, 0) is 9.47 Å². The van der Waals surface area contributed by atoms with E-state index in [1.54, 1.807) is 7.11 Å². The number of rotatable bonds is 14. The van der Waals surface area contributed by atoms with Crippen molar-refractivity contribution in [1.29, 1.82) is 0 Å². The molecular formula is C17H39IN4O2. The first-order valence-corrected chi connectivity index (χ1v) is 9.01. The van der Waals surface area contributed by atoms with Crippen LogP contribution in [0.2, 0.25) is 0 Å². The summed E-state index contributed by atoms with van der Waals surface area (Å²) in [7, 11) is 1.68. The minimum atomic E-state index is 0. The molecule has 0 fully saturated rings. The van der Waals surface area contributed by atoms with Gasteiger partial charge in [-0.25, -0.2) is 0 Å². The zero-order valence-electron chi connectivity index (χ0n) is 16.3. The van der Waals surface area contributed by atoms with E-state index in [9.17, 15) is 0 Å². The molecule has 0 aromatic rings. The van der Waals surface area contributed by atoms with Crippen LogP contribution in [0.1, 0.15) is 40.5 Å². The van der Waals surface area contributed by atoms with E-state index in [-0.39, 0.29) is 24.0 Å². The minimum absolute atomic E-state index is 0. The molecule has 1 atom stereocenters. The Balaban J connectivity index is 0. The standard InChI is InChI=1S/C17H38N4O2.HI/c1-6-18-17(19-11-13-23-15-14-22-5)20-16(4)10-9-12-21(7-2)8-3;/h16H,6-15H2,1-5H3,(H2,18,19,20);1H. The van der Waals surface area contributed by atoms with E-state index in [2.05, 4.69) is 48.2 Å². The van der Waals surface area contributed by atoms with Crippen LogP contribution in [0, 0.1) is 0 Å². The number of ether oxygens (including phenoxy) is 2. The molecule has 0 spiro atoms. The average molecular weight is 458 g/mol. The minimum Gasteiger partial charge on any atom is -0.382 e. The van der Waals surface area contributed by atoms with Gasteiger partial charge in [-0.3, -0.25) is 4.99 Å². The molecular weight excluding hydrogens is 419 g/mol. The van der Waals surface area contributed by atoms with Crippen LogP contribution in [0.15, 0.2) is 4.99 Å². The van der Waals surface area contributed by atoms with Crippen molar-refractivity contribution in [2.75, 3.05) is 59.7 Å². The third-order valence-electron chi connectivity index (χ3n) is 3.67. The Morgan fingerprint density at radius 3 is 2.42 bits per heavy atom. The summed E-state index contributed by atoms with van der Waals surface area (Å²) in [6, 6.07) is 0.415. The molecule has 0 bridgehead atoms. The van der Waals surface area contributed by atoms with Gasteiger partial charge < -0.3 is 25.0 Å². The maximum Gasteiger partial charge on any atom is 0.191 e. The van der Waals surface area contributed by atoms with Crippen LogP contribution < -0.4 is 10.6 Å². The fraction of sp³-hybridized carbons (Fsp3) is 0.941. The second-order valence-electron chi connectivity index (χ2n) is 5.58. The van der Waals surface area contributed by atoms with Crippen molar-refractivity contribution in [2.45, 2.75) is 46.6 Å². The van der Waals surface area contributed by atoms with Crippen molar-refractivity contribution in [2.24, 2.45) is 4.99 Å². The summed E-state index contributed by atoms with van der Waals surface area (Å²) >= 11 is 0. The number of halogens is 1. The summed E-state index contributed by atoms with van der Waals surface area (Å²) in [5.41, 5.74) is 0. The zero-order valence-corrected chi connectivity index (χ0v) is 18.6. The molecule has 24 heavy (non-hydrogen) atoms. The Bertz CT molecular complexity index is 290. The van der Waals surface area contributed by atoms with Gasteiger partial charge in [-0.15, -0.1) is 24.0 Å². The number of guanidine groups is 1. The molecule has 146 valence electrons. The molecule has 0 aliphatic carbocycles. The van der Waals surface area contributed by atoms with Crippen LogP contribution in [0.3, 0.4) is 0 Å². The summed E-state index contributed by atoms with van der Waals surface area (Å²) < 4.78 is 10.4. The third-order valence-corrected chi connectivity index (χ3v) is 3.67. The first-order chi connectivity index (χ1) is 11.2. The van der Waals surface area contributed by atoms with Gasteiger partial charge in [0.15, 0.2) is 5.96 Å². The number of hydrogen-bond donors (Lipinski definition) is 2. The van der Waals surface area contributed by atoms with Gasteiger partial charge in [0.1, 0.15) is 0 Å². The average Bonchev–Trinajstić information content (AvgIpc) is 2.55. The summed E-state index contributed by atoms with van der Waals surface area (Å²) in [4.78, 5) is 7.01. The molecule has 0 aliphatic heterocycles. The monoisotopic (exact) mass is 458 g/mol. The highest BCUT2D eigenvalue weighted by atomic mass is 127. The second kappa shape index (κ2) is 19.2. The molecule has 1 unspecified atom stereocenters. The van der Waals surface area contributed by atoms with Crippen molar-refractivity contribution in [1.82, 2.24) is 15.5 Å². The fourth-order valence-corrected chi connectivity index (χ4v) is 2.25. The van der Waals surface area contributed by atoms with E-state index in [0.29, 0.717) is 32.4 Å². The lowest BCUT2D eigenvalue weighted by Crippen LogP contribution is -2.42. The largest absolute Gasteiger partial charge is 0.382 e. The highest BCUT2D eigenvalue weighted by molar-refractivity contribution is 14.0. The predicted octanol–water partition coefficient (Wildman–Crippen LogP) is 2.33. The van der Waals surface area contributed by atoms with E-state index >= 15 is 0 Å². The van der Waals surface area contributed by atoms with E-state index < -0.39 is 0 Å². The maximum atomic E-state index is 5.43. The molecule has 0 heterocycles. The number of nitrogens with one attached hydrogen (secondary N) is 2. The fourth-order valence-electron chi connectivity index (χ4n) is 2.25. The maximum absolute atomic E-state index is 5.43. The van der Waals surface area contributed by atoms with Crippen molar-refractivity contribution >= 4 is 29.9 Å². The van der Waals surface area contributed by atoms with Crippen LogP contribution >= 0.6 is 24.0 Å². The SMILES string of the molecule is CCNC(=NCCOCCOC)NC(C)CCCN(CC)CC.I. The topological polar surface area (TPSA) is 58.1 Å². The van der Waals surface area contributed by atoms with Crippen LogP contribution in [0.5, 0.6) is 0 Å². The Morgan fingerprint density at radius 2 is 1.83 bits per heavy atom. The third kappa shape index (κ3) is 15.4. The summed E-state index contributed by atoms with van der Waals surface area (Å²) in [5.74, 6) is 0.873. The van der Waals surface area contributed by atoms with Crippen molar-refractivity contribution in [3.8, 4) is 0 Å². The van der Waals surface area contributed by atoms with E-state index in [1.807, 2.05) is 0 Å². The molecule has 7 heteroatoms. The highest BCUT2D eigenvalue weighted by Crippen LogP contribution is 1.99. The van der Waals surface area contributed by atoms with Gasteiger partial charge in [-0.05, 0) is 46.3 Å². The van der Waals surface area contributed by atoms with Gasteiger partial charge in [0.2, 0.25) is 0 Å². The van der Waals surface area contributed by atoms with Crippen LogP contribution in [-0.4, -0.2) is 76.6 Å². The van der Waals surface area contributed by atoms with Gasteiger partial charge in [-0.1, -0.05) is 13.8 Å². The van der Waals surface area contributed by atoms with Gasteiger partial charge >= 0.3 is 0 Å². The van der Waals surface area contributed by atoms with Crippen LogP contribution in [0.4, 0.5) is 0 Å². The van der Waals surface area contributed by atoms with E-state index in [0.717, 1.165) is 32.0 Å². The highest BCUT2D eigenvalue weighted by Gasteiger charge is 2.06. The molecule has 2 N–H and O–H groups in total. The first kappa shape index (κ1) is 26.1. The molecule has 0 saturated heterocycles. The predicted molar refractivity (Wildman–Crippen MR) is 114 cm³/mol. The summed E-state index contributed by atoms with van der Waals surface area (Å²) in [6.45, 7) is 15.6. The number of nitrogens with zero attached hydrogens (tertiary/aromatic N) is 2. The molecule has 6 nitrogen and oxygen atoms in total. The number of hydrogen-bond acceptors (Lipinski definition) is 4. The second-order valence-corrected chi connectivity index (χ2v) is 5.58. The smallest absolute Gasteiger partial charge is 0.191 e. The first-order valence-electron chi connectivity index (χ1n) is 9.01. The number of methoxy groups -OCH3 is 1. The molecule has 0 rings (SSSR count). The Morgan fingerprint density at radius 1 is 1.12 bits per heavy atom. The van der Waals surface area contributed by atoms with Crippen LogP contribution in [0.25, 0.3) is 0 Å². The molecule has 0 aromatic heterocycles. The lowest BCUT2D eigenvalue weighted by molar-refractivity contribution is 0.0748. The lowest BCUT2D eigenvalue weighted by atomic mass is 10.2. The lowest BCUT2D eigenvalue weighted by Gasteiger charge is -2.21. The van der Waals surface area contributed by atoms with Gasteiger partial charge in [0.05, 0.1) is 26.4 Å². The molecule has 0 saturated carbocycles. The zero-order chi connectivity index (χ0) is 17.3. The van der Waals surface area contributed by atoms with Crippen molar-refractivity contribution in [3.63, 3.8) is 0 Å². The molecule has 0 amide bonds. The summed E-state index contributed by atoms with van der Waals surface area (Å²) in [6.07, 6.45) is 2.35. The van der Waals surface area contributed by atoms with Gasteiger partial charge in [0, 0.05) is 19.7 Å². The molecule has 0 aliphatic rings. The molecule has 0 aromatic carbocycles. The summed E-state index contributed by atoms with van der Waals surface area (Å²) in [5, 5.41) is 6.76.